The third kappa shape index (κ3) is 4.89. The summed E-state index contributed by atoms with van der Waals surface area (Å²) in [4.78, 5) is 22.1. The molecule has 0 unspecified atom stereocenters. The van der Waals surface area contributed by atoms with Crippen molar-refractivity contribution in [2.24, 2.45) is 0 Å². The van der Waals surface area contributed by atoms with Crippen LogP contribution in [0.25, 0.3) is 11.0 Å². The fourth-order valence-electron chi connectivity index (χ4n) is 4.20. The number of carbonyl (C=O) groups is 1. The molecule has 3 heterocycles. The van der Waals surface area contributed by atoms with E-state index in [1.165, 1.54) is 24.7 Å². The minimum atomic E-state index is -3.54. The number of rotatable bonds is 5. The average Bonchev–Trinajstić information content (AvgIpc) is 3.11. The number of hydrogen-bond donors (Lipinski definition) is 0. The van der Waals surface area contributed by atoms with Crippen LogP contribution in [0.15, 0.2) is 35.6 Å². The summed E-state index contributed by atoms with van der Waals surface area (Å²) in [5.41, 5.74) is 0.917. The van der Waals surface area contributed by atoms with Gasteiger partial charge in [-0.05, 0) is 44.4 Å². The van der Waals surface area contributed by atoms with Gasteiger partial charge in [0.1, 0.15) is 17.8 Å². The van der Waals surface area contributed by atoms with Gasteiger partial charge in [0.05, 0.1) is 22.1 Å². The number of benzene rings is 1. The van der Waals surface area contributed by atoms with Crippen LogP contribution in [0.3, 0.4) is 0 Å². The number of ether oxygens (including phenoxy) is 1. The molecular weight excluding hydrogens is 466 g/mol. The largest absolute Gasteiger partial charge is 0.447 e. The first-order valence-electron chi connectivity index (χ1n) is 11.0. The third-order valence-corrected chi connectivity index (χ3v) is 7.02. The molecule has 2 aromatic heterocycles. The Morgan fingerprint density at radius 2 is 1.88 bits per heavy atom. The molecule has 0 N–H and O–H groups in total. The summed E-state index contributed by atoms with van der Waals surface area (Å²) < 4.78 is 60.0. The van der Waals surface area contributed by atoms with Crippen molar-refractivity contribution in [1.82, 2.24) is 19.4 Å². The van der Waals surface area contributed by atoms with Gasteiger partial charge >= 0.3 is 6.09 Å². The molecule has 4 rings (SSSR count). The average molecular weight is 493 g/mol. The number of sulfone groups is 1. The highest BCUT2D eigenvalue weighted by atomic mass is 32.2. The molecule has 3 aromatic rings. The van der Waals surface area contributed by atoms with Crippen molar-refractivity contribution in [3.63, 3.8) is 0 Å². The molecule has 1 fully saturated rings. The van der Waals surface area contributed by atoms with Gasteiger partial charge in [0.2, 0.25) is 0 Å². The smallest absolute Gasteiger partial charge is 0.410 e. The second-order valence-electron chi connectivity index (χ2n) is 8.76. The van der Waals surface area contributed by atoms with Crippen molar-refractivity contribution in [1.29, 1.82) is 0 Å². The van der Waals surface area contributed by atoms with Gasteiger partial charge in [-0.1, -0.05) is 6.07 Å². The molecule has 0 aliphatic carbocycles. The second-order valence-corrected chi connectivity index (χ2v) is 10.8. The van der Waals surface area contributed by atoms with Gasteiger partial charge in [-0.2, -0.15) is 0 Å². The number of amides is 1. The van der Waals surface area contributed by atoms with E-state index in [1.54, 1.807) is 23.3 Å². The third-order valence-electron chi connectivity index (χ3n) is 5.90. The Bertz CT molecular complexity index is 1330. The van der Waals surface area contributed by atoms with Gasteiger partial charge in [-0.25, -0.2) is 32.0 Å². The van der Waals surface area contributed by atoms with E-state index in [2.05, 4.69) is 9.97 Å². The molecule has 1 aromatic carbocycles. The number of fused-ring (bicyclic) bond motifs is 1. The maximum Gasteiger partial charge on any atom is 0.410 e. The fraction of sp³-hybridized carbons (Fsp3) is 0.435. The number of nitrogens with zero attached hydrogens (tertiary/aromatic N) is 4. The van der Waals surface area contributed by atoms with E-state index in [1.807, 2.05) is 0 Å². The van der Waals surface area contributed by atoms with Crippen LogP contribution in [0.5, 0.6) is 0 Å². The summed E-state index contributed by atoms with van der Waals surface area (Å²) in [5, 5.41) is 0.204. The summed E-state index contributed by atoms with van der Waals surface area (Å²) in [6, 6.07) is 3.60. The molecule has 34 heavy (non-hydrogen) atoms. The van der Waals surface area contributed by atoms with Gasteiger partial charge in [-0.3, -0.25) is 0 Å². The topological polar surface area (TPSA) is 94.4 Å². The predicted molar refractivity (Wildman–Crippen MR) is 121 cm³/mol. The lowest BCUT2D eigenvalue weighted by molar-refractivity contribution is 0.0662. The van der Waals surface area contributed by atoms with Crippen molar-refractivity contribution in [3.8, 4) is 0 Å². The molecular formula is C23H26F2N4O4S. The zero-order chi connectivity index (χ0) is 24.6. The monoisotopic (exact) mass is 492 g/mol. The molecule has 1 aliphatic heterocycles. The number of aromatic nitrogens is 3. The molecule has 0 radical (unpaired) electrons. The number of likely N-dealkylation sites (tertiary alicyclic amines) is 1. The zero-order valence-corrected chi connectivity index (χ0v) is 20.0. The summed E-state index contributed by atoms with van der Waals surface area (Å²) >= 11 is 0. The van der Waals surface area contributed by atoms with E-state index in [0.717, 1.165) is 12.3 Å². The van der Waals surface area contributed by atoms with Crippen LogP contribution in [-0.4, -0.2) is 59.4 Å². The van der Waals surface area contributed by atoms with E-state index in [9.17, 15) is 17.6 Å². The van der Waals surface area contributed by atoms with E-state index >= 15 is 4.39 Å². The number of carbonyl (C=O) groups excluding carboxylic acids is 1. The van der Waals surface area contributed by atoms with Crippen molar-refractivity contribution in [2.45, 2.75) is 50.2 Å². The Kier molecular flexibility index (Phi) is 6.57. The molecule has 8 nitrogen and oxygen atoms in total. The maximum atomic E-state index is 15.0. The van der Waals surface area contributed by atoms with E-state index in [-0.39, 0.29) is 40.5 Å². The minimum Gasteiger partial charge on any atom is -0.447 e. The van der Waals surface area contributed by atoms with Gasteiger partial charge in [-0.15, -0.1) is 0 Å². The maximum absolute atomic E-state index is 15.0. The van der Waals surface area contributed by atoms with Gasteiger partial charge in [0.25, 0.3) is 0 Å². The predicted octanol–water partition coefficient (Wildman–Crippen LogP) is 3.89. The van der Waals surface area contributed by atoms with Crippen molar-refractivity contribution >= 4 is 27.0 Å². The molecule has 0 saturated carbocycles. The fourth-order valence-corrected chi connectivity index (χ4v) is 4.83. The van der Waals surface area contributed by atoms with Crippen LogP contribution in [0.4, 0.5) is 13.6 Å². The standard InChI is InChI=1S/C23H26F2N4O4S/c1-14(2)33-23(30)28-8-6-16(7-9-28)29-12-19(25)21-20(26-13-27-22(21)29)10-15-4-5-17(11-18(15)24)34(3,31)32/h4-5,11-14,16H,6-10H2,1-3H3. The molecule has 1 saturated heterocycles. The molecule has 1 aliphatic rings. The first-order valence-corrected chi connectivity index (χ1v) is 12.9. The lowest BCUT2D eigenvalue weighted by Crippen LogP contribution is -2.40. The normalized spacial score (nSPS) is 15.3. The Labute approximate surface area is 196 Å². The van der Waals surface area contributed by atoms with Gasteiger partial charge in [0.15, 0.2) is 15.7 Å². The van der Waals surface area contributed by atoms with Gasteiger partial charge in [0, 0.05) is 38.0 Å². The highest BCUT2D eigenvalue weighted by molar-refractivity contribution is 7.90. The molecule has 182 valence electrons. The molecule has 0 atom stereocenters. The van der Waals surface area contributed by atoms with Gasteiger partial charge < -0.3 is 14.2 Å². The number of hydrogen-bond acceptors (Lipinski definition) is 6. The number of halogens is 2. The van der Waals surface area contributed by atoms with Crippen LogP contribution in [0.2, 0.25) is 0 Å². The SMILES string of the molecule is CC(C)OC(=O)N1CCC(n2cc(F)c3c(Cc4ccc(S(C)(=O)=O)cc4F)ncnc32)CC1. The zero-order valence-electron chi connectivity index (χ0n) is 19.2. The molecule has 0 bridgehead atoms. The highest BCUT2D eigenvalue weighted by Crippen LogP contribution is 2.31. The first-order chi connectivity index (χ1) is 16.0. The molecule has 0 spiro atoms. The Morgan fingerprint density at radius 3 is 2.50 bits per heavy atom. The van der Waals surface area contributed by atoms with Crippen LogP contribution in [-0.2, 0) is 21.0 Å². The summed E-state index contributed by atoms with van der Waals surface area (Å²) in [6.07, 6.45) is 4.33. The van der Waals surface area contributed by atoms with E-state index < -0.39 is 21.5 Å². The Balaban J connectivity index is 1.58. The van der Waals surface area contributed by atoms with Crippen LogP contribution in [0, 0.1) is 11.6 Å². The summed E-state index contributed by atoms with van der Waals surface area (Å²) in [7, 11) is -3.54. The minimum absolute atomic E-state index is 0.0185. The summed E-state index contributed by atoms with van der Waals surface area (Å²) in [5.74, 6) is -1.21. The quantitative estimate of drug-likeness (QED) is 0.537. The lowest BCUT2D eigenvalue weighted by atomic mass is 10.1. The molecule has 11 heteroatoms. The van der Waals surface area contributed by atoms with Crippen LogP contribution < -0.4 is 0 Å². The second kappa shape index (κ2) is 9.28. The van der Waals surface area contributed by atoms with Crippen LogP contribution >= 0.6 is 0 Å². The highest BCUT2D eigenvalue weighted by Gasteiger charge is 2.28. The van der Waals surface area contributed by atoms with Crippen molar-refractivity contribution < 1.29 is 26.7 Å². The van der Waals surface area contributed by atoms with E-state index in [0.29, 0.717) is 37.3 Å². The van der Waals surface area contributed by atoms with Crippen molar-refractivity contribution in [3.05, 3.63) is 53.6 Å². The lowest BCUT2D eigenvalue weighted by Gasteiger charge is -2.32. The van der Waals surface area contributed by atoms with E-state index in [4.69, 9.17) is 4.74 Å². The molecule has 1 amide bonds. The Hall–Kier alpha value is -3.08. The summed E-state index contributed by atoms with van der Waals surface area (Å²) in [6.45, 7) is 4.55. The number of piperidine rings is 1. The Morgan fingerprint density at radius 1 is 1.18 bits per heavy atom. The first kappa shape index (κ1) is 24.1. The van der Waals surface area contributed by atoms with Crippen LogP contribution in [0.1, 0.15) is 44.0 Å². The van der Waals surface area contributed by atoms with Crippen molar-refractivity contribution in [2.75, 3.05) is 19.3 Å².